The number of likely N-dealkylation sites (tertiary alicyclic amines) is 1. The first-order valence-electron chi connectivity index (χ1n) is 8.94. The maximum atomic E-state index is 12.2. The maximum Gasteiger partial charge on any atom is 0.223 e. The lowest BCUT2D eigenvalue weighted by Crippen LogP contribution is -2.39. The number of piperidine rings is 2. The molecular weight excluding hydrogens is 262 g/mol. The van der Waals surface area contributed by atoms with Gasteiger partial charge in [0, 0.05) is 25.0 Å². The van der Waals surface area contributed by atoms with E-state index in [9.17, 15) is 4.79 Å². The minimum absolute atomic E-state index is 0.313. The van der Waals surface area contributed by atoms with Gasteiger partial charge in [-0.25, -0.2) is 0 Å². The Kier molecular flexibility index (Phi) is 4.85. The van der Waals surface area contributed by atoms with Crippen molar-refractivity contribution in [1.82, 2.24) is 15.5 Å². The van der Waals surface area contributed by atoms with Crippen LogP contribution in [0.15, 0.2) is 0 Å². The highest BCUT2D eigenvalue weighted by Crippen LogP contribution is 2.58. The highest BCUT2D eigenvalue weighted by atomic mass is 16.2. The molecular formula is C17H31N3O. The largest absolute Gasteiger partial charge is 0.356 e. The number of nitrogens with one attached hydrogen (secondary N) is 2. The molecule has 0 bridgehead atoms. The van der Waals surface area contributed by atoms with Crippen molar-refractivity contribution >= 4 is 5.91 Å². The predicted octanol–water partition coefficient (Wildman–Crippen LogP) is 1.76. The third-order valence-corrected chi connectivity index (χ3v) is 5.97. The summed E-state index contributed by atoms with van der Waals surface area (Å²) in [6.07, 6.45) is 8.67. The molecule has 0 aromatic heterocycles. The van der Waals surface area contributed by atoms with Gasteiger partial charge in [-0.15, -0.1) is 0 Å². The number of carbonyl (C=O) groups is 1. The van der Waals surface area contributed by atoms with Gasteiger partial charge in [0.1, 0.15) is 0 Å². The van der Waals surface area contributed by atoms with E-state index in [4.69, 9.17) is 0 Å². The fourth-order valence-corrected chi connectivity index (χ4v) is 4.30. The summed E-state index contributed by atoms with van der Waals surface area (Å²) in [5.41, 5.74) is 0.372. The zero-order chi connectivity index (χ0) is 14.7. The summed E-state index contributed by atoms with van der Waals surface area (Å²) in [6.45, 7) is 7.76. The lowest BCUT2D eigenvalue weighted by atomic mass is 9.92. The number of nitrogens with zero attached hydrogens (tertiary/aromatic N) is 1. The van der Waals surface area contributed by atoms with Crippen molar-refractivity contribution in [3.63, 3.8) is 0 Å². The zero-order valence-corrected chi connectivity index (χ0v) is 13.5. The van der Waals surface area contributed by atoms with Crippen LogP contribution < -0.4 is 10.6 Å². The van der Waals surface area contributed by atoms with Gasteiger partial charge in [-0.05, 0) is 70.5 Å². The second-order valence-electron chi connectivity index (χ2n) is 7.39. The highest BCUT2D eigenvalue weighted by molar-refractivity contribution is 5.82. The summed E-state index contributed by atoms with van der Waals surface area (Å²) in [4.78, 5) is 14.8. The molecule has 2 unspecified atom stereocenters. The Labute approximate surface area is 129 Å². The summed E-state index contributed by atoms with van der Waals surface area (Å²) >= 11 is 0. The predicted molar refractivity (Wildman–Crippen MR) is 85.2 cm³/mol. The van der Waals surface area contributed by atoms with Gasteiger partial charge in [0.2, 0.25) is 5.91 Å². The first-order chi connectivity index (χ1) is 10.2. The minimum Gasteiger partial charge on any atom is -0.356 e. The Morgan fingerprint density at radius 2 is 2.14 bits per heavy atom. The van der Waals surface area contributed by atoms with E-state index in [0.717, 1.165) is 45.1 Å². The fourth-order valence-electron chi connectivity index (χ4n) is 4.30. The van der Waals surface area contributed by atoms with Crippen LogP contribution in [0, 0.1) is 11.3 Å². The number of carbonyl (C=O) groups excluding carboxylic acids is 1. The van der Waals surface area contributed by atoms with E-state index in [1.165, 1.54) is 38.6 Å². The van der Waals surface area contributed by atoms with Gasteiger partial charge in [0.25, 0.3) is 0 Å². The van der Waals surface area contributed by atoms with Crippen molar-refractivity contribution in [3.8, 4) is 0 Å². The quantitative estimate of drug-likeness (QED) is 0.759. The Balaban J connectivity index is 1.32. The molecule has 1 amide bonds. The Morgan fingerprint density at radius 1 is 1.33 bits per heavy atom. The van der Waals surface area contributed by atoms with E-state index < -0.39 is 0 Å². The summed E-state index contributed by atoms with van der Waals surface area (Å²) in [6, 6.07) is 0.732. The molecule has 1 aliphatic carbocycles. The van der Waals surface area contributed by atoms with Crippen molar-refractivity contribution in [2.75, 3.05) is 32.7 Å². The lowest BCUT2D eigenvalue weighted by Gasteiger charge is -2.33. The monoisotopic (exact) mass is 293 g/mol. The van der Waals surface area contributed by atoms with Crippen LogP contribution in [0.2, 0.25) is 0 Å². The van der Waals surface area contributed by atoms with Crippen molar-refractivity contribution in [1.29, 1.82) is 0 Å². The van der Waals surface area contributed by atoms with E-state index in [2.05, 4.69) is 22.5 Å². The first-order valence-corrected chi connectivity index (χ1v) is 8.94. The second-order valence-corrected chi connectivity index (χ2v) is 7.39. The molecule has 2 N–H and O–H groups in total. The van der Waals surface area contributed by atoms with E-state index in [1.54, 1.807) is 0 Å². The molecule has 4 nitrogen and oxygen atoms in total. The highest BCUT2D eigenvalue weighted by Gasteiger charge is 2.57. The average molecular weight is 293 g/mol. The maximum absolute atomic E-state index is 12.2. The van der Waals surface area contributed by atoms with Gasteiger partial charge in [0.05, 0.1) is 0 Å². The number of rotatable bonds is 5. The van der Waals surface area contributed by atoms with Crippen LogP contribution in [-0.4, -0.2) is 49.6 Å². The van der Waals surface area contributed by atoms with Crippen LogP contribution in [0.4, 0.5) is 0 Å². The molecule has 21 heavy (non-hydrogen) atoms. The summed E-state index contributed by atoms with van der Waals surface area (Å²) in [5, 5.41) is 6.58. The fraction of sp³-hybridized carbons (Fsp3) is 0.941. The van der Waals surface area contributed by atoms with Gasteiger partial charge >= 0.3 is 0 Å². The normalized spacial score (nSPS) is 32.0. The Morgan fingerprint density at radius 3 is 2.90 bits per heavy atom. The average Bonchev–Trinajstić information content (AvgIpc) is 3.19. The number of hydrogen-bond acceptors (Lipinski definition) is 3. The van der Waals surface area contributed by atoms with Gasteiger partial charge in [0.15, 0.2) is 0 Å². The molecule has 1 spiro atoms. The SMILES string of the molecule is CC1CCCCN1CCCNC(=O)C1CC12CCNCC2. The molecule has 4 heteroatoms. The van der Waals surface area contributed by atoms with Gasteiger partial charge in [-0.2, -0.15) is 0 Å². The molecule has 3 rings (SSSR count). The van der Waals surface area contributed by atoms with Crippen molar-refractivity contribution < 1.29 is 4.79 Å². The van der Waals surface area contributed by atoms with Gasteiger partial charge in [-0.3, -0.25) is 4.79 Å². The summed E-state index contributed by atoms with van der Waals surface area (Å²) in [5.74, 6) is 0.636. The molecule has 2 heterocycles. The summed E-state index contributed by atoms with van der Waals surface area (Å²) < 4.78 is 0. The van der Waals surface area contributed by atoms with E-state index in [-0.39, 0.29) is 0 Å². The number of hydrogen-bond donors (Lipinski definition) is 2. The van der Waals surface area contributed by atoms with E-state index >= 15 is 0 Å². The third kappa shape index (κ3) is 3.59. The molecule has 0 aromatic rings. The Bertz CT molecular complexity index is 365. The molecule has 120 valence electrons. The Hall–Kier alpha value is -0.610. The minimum atomic E-state index is 0.313. The number of amides is 1. The van der Waals surface area contributed by atoms with Crippen LogP contribution in [0.3, 0.4) is 0 Å². The van der Waals surface area contributed by atoms with Crippen LogP contribution in [-0.2, 0) is 4.79 Å². The lowest BCUT2D eigenvalue weighted by molar-refractivity contribution is -0.123. The molecule has 2 atom stereocenters. The molecule has 3 aliphatic rings. The molecule has 0 aromatic carbocycles. The molecule has 1 saturated carbocycles. The molecule has 2 saturated heterocycles. The van der Waals surface area contributed by atoms with Crippen molar-refractivity contribution in [3.05, 3.63) is 0 Å². The standard InChI is InChI=1S/C17H31N3O/c1-14-5-2-3-11-20(14)12-4-8-19-16(21)15-13-17(15)6-9-18-10-7-17/h14-15,18H,2-13H2,1H3,(H,19,21). The first kappa shape index (κ1) is 15.3. The second kappa shape index (κ2) is 6.66. The van der Waals surface area contributed by atoms with Crippen molar-refractivity contribution in [2.45, 2.75) is 57.9 Å². The zero-order valence-electron chi connectivity index (χ0n) is 13.5. The van der Waals surface area contributed by atoms with Gasteiger partial charge < -0.3 is 15.5 Å². The van der Waals surface area contributed by atoms with Crippen LogP contribution in [0.5, 0.6) is 0 Å². The van der Waals surface area contributed by atoms with E-state index in [1.807, 2.05) is 0 Å². The van der Waals surface area contributed by atoms with Crippen LogP contribution >= 0.6 is 0 Å². The van der Waals surface area contributed by atoms with Crippen molar-refractivity contribution in [2.24, 2.45) is 11.3 Å². The van der Waals surface area contributed by atoms with Gasteiger partial charge in [-0.1, -0.05) is 6.42 Å². The third-order valence-electron chi connectivity index (χ3n) is 5.97. The topological polar surface area (TPSA) is 44.4 Å². The van der Waals surface area contributed by atoms with Crippen LogP contribution in [0.25, 0.3) is 0 Å². The van der Waals surface area contributed by atoms with Crippen LogP contribution in [0.1, 0.15) is 51.9 Å². The molecule has 3 fully saturated rings. The molecule has 0 radical (unpaired) electrons. The smallest absolute Gasteiger partial charge is 0.223 e. The summed E-state index contributed by atoms with van der Waals surface area (Å²) in [7, 11) is 0. The molecule has 2 aliphatic heterocycles. The van der Waals surface area contributed by atoms with E-state index in [0.29, 0.717) is 17.2 Å².